The van der Waals surface area contributed by atoms with Crippen molar-refractivity contribution in [2.75, 3.05) is 6.61 Å². The first-order valence-corrected chi connectivity index (χ1v) is 21.9. The Morgan fingerprint density at radius 3 is 2.12 bits per heavy atom. The van der Waals surface area contributed by atoms with E-state index in [1.807, 2.05) is 5.57 Å². The van der Waals surface area contributed by atoms with Crippen LogP contribution in [0.1, 0.15) is 202 Å². The molecule has 8 atom stereocenters. The van der Waals surface area contributed by atoms with E-state index in [-0.39, 0.29) is 0 Å². The van der Waals surface area contributed by atoms with Crippen LogP contribution >= 0.6 is 0 Å². The normalized spacial score (nSPS) is 31.7. The molecule has 4 aliphatic rings. The molecule has 282 valence electrons. The van der Waals surface area contributed by atoms with Gasteiger partial charge in [0.05, 0.1) is 6.61 Å². The van der Waals surface area contributed by atoms with E-state index in [0.29, 0.717) is 17.4 Å². The second-order valence-corrected chi connectivity index (χ2v) is 18.6. The van der Waals surface area contributed by atoms with E-state index in [2.05, 4.69) is 57.6 Å². The minimum Gasteiger partial charge on any atom is -0.450 e. The number of unbranched alkanes of at least 4 members (excludes halogenated alkanes) is 12. The molecule has 0 aliphatic heterocycles. The first kappa shape index (κ1) is 40.5. The van der Waals surface area contributed by atoms with Crippen LogP contribution in [0.25, 0.3) is 0 Å². The molecule has 0 aromatic heterocycles. The predicted octanol–water partition coefficient (Wildman–Crippen LogP) is 14.7. The molecular formula is C46H80O3. The van der Waals surface area contributed by atoms with Crippen LogP contribution in [0, 0.1) is 52.3 Å². The standard InChI is InChI=1S/C46H80O3/c1-36(2)23-22-24-37(3)41-28-29-42-40-27-26-39-35-38(30-32-45(39,4)43(40)31-33-46(41,42)5)25-20-18-16-14-12-10-8-6-7-9-11-13-15-17-19-21-34-49-44(47)48/h6-7,26,36-38,40-43H,8-25,27-35H2,1-5H3,(H,47,48)/b7-6-/t37-,38?,40?,41-,42?,43?,45+,46-/m1/s1. The molecule has 3 saturated carbocycles. The van der Waals surface area contributed by atoms with Gasteiger partial charge < -0.3 is 9.84 Å². The van der Waals surface area contributed by atoms with Gasteiger partial charge in [0.25, 0.3) is 0 Å². The van der Waals surface area contributed by atoms with Gasteiger partial charge in [-0.15, -0.1) is 0 Å². The molecule has 0 aromatic rings. The fourth-order valence-corrected chi connectivity index (χ4v) is 11.9. The number of ether oxygens (including phenoxy) is 1. The zero-order chi connectivity index (χ0) is 35.1. The molecule has 0 heterocycles. The Balaban J connectivity index is 1.04. The molecule has 3 fully saturated rings. The minimum absolute atomic E-state index is 0.344. The highest BCUT2D eigenvalue weighted by atomic mass is 16.7. The maximum absolute atomic E-state index is 10.3. The monoisotopic (exact) mass is 681 g/mol. The Morgan fingerprint density at radius 2 is 1.45 bits per heavy atom. The maximum Gasteiger partial charge on any atom is 0.505 e. The second-order valence-electron chi connectivity index (χ2n) is 18.6. The lowest BCUT2D eigenvalue weighted by Gasteiger charge is -2.58. The fraction of sp³-hybridized carbons (Fsp3) is 0.891. The highest BCUT2D eigenvalue weighted by Gasteiger charge is 2.59. The summed E-state index contributed by atoms with van der Waals surface area (Å²) in [5.41, 5.74) is 3.02. The van der Waals surface area contributed by atoms with Gasteiger partial charge in [-0.1, -0.05) is 142 Å². The molecule has 0 bridgehead atoms. The van der Waals surface area contributed by atoms with Gasteiger partial charge in [0.1, 0.15) is 0 Å². The Bertz CT molecular complexity index is 1010. The molecule has 3 heteroatoms. The van der Waals surface area contributed by atoms with Gasteiger partial charge >= 0.3 is 6.16 Å². The Morgan fingerprint density at radius 1 is 0.796 bits per heavy atom. The highest BCUT2D eigenvalue weighted by Crippen LogP contribution is 2.67. The van der Waals surface area contributed by atoms with Gasteiger partial charge in [-0.3, -0.25) is 0 Å². The van der Waals surface area contributed by atoms with Crippen LogP contribution in [0.15, 0.2) is 23.8 Å². The molecule has 0 spiro atoms. The van der Waals surface area contributed by atoms with Crippen LogP contribution < -0.4 is 0 Å². The van der Waals surface area contributed by atoms with Gasteiger partial charge in [-0.25, -0.2) is 4.79 Å². The number of rotatable bonds is 23. The molecule has 3 nitrogen and oxygen atoms in total. The summed E-state index contributed by atoms with van der Waals surface area (Å²) in [5, 5.41) is 8.47. The largest absolute Gasteiger partial charge is 0.505 e. The second kappa shape index (κ2) is 20.7. The van der Waals surface area contributed by atoms with Crippen LogP contribution in [-0.2, 0) is 4.74 Å². The van der Waals surface area contributed by atoms with Gasteiger partial charge in [0.15, 0.2) is 0 Å². The van der Waals surface area contributed by atoms with Crippen LogP contribution in [0.5, 0.6) is 0 Å². The summed E-state index contributed by atoms with van der Waals surface area (Å²) in [6.45, 7) is 13.2. The molecule has 0 aromatic carbocycles. The summed E-state index contributed by atoms with van der Waals surface area (Å²) in [7, 11) is 0. The number of carboxylic acid groups (broad SMARTS) is 1. The maximum atomic E-state index is 10.3. The van der Waals surface area contributed by atoms with Crippen LogP contribution in [0.3, 0.4) is 0 Å². The van der Waals surface area contributed by atoms with Crippen molar-refractivity contribution >= 4 is 6.16 Å². The third-order valence-corrected chi connectivity index (χ3v) is 14.8. The first-order valence-electron chi connectivity index (χ1n) is 21.9. The smallest absolute Gasteiger partial charge is 0.450 e. The van der Waals surface area contributed by atoms with E-state index < -0.39 is 6.16 Å². The van der Waals surface area contributed by atoms with Crippen molar-refractivity contribution in [2.24, 2.45) is 52.3 Å². The van der Waals surface area contributed by atoms with E-state index in [9.17, 15) is 4.79 Å². The van der Waals surface area contributed by atoms with E-state index >= 15 is 0 Å². The average Bonchev–Trinajstić information content (AvgIpc) is 3.43. The molecule has 0 amide bonds. The van der Waals surface area contributed by atoms with Gasteiger partial charge in [0, 0.05) is 0 Å². The van der Waals surface area contributed by atoms with Crippen molar-refractivity contribution in [3.63, 3.8) is 0 Å². The Hall–Kier alpha value is -1.25. The third-order valence-electron chi connectivity index (χ3n) is 14.8. The van der Waals surface area contributed by atoms with Crippen LogP contribution in [0.2, 0.25) is 0 Å². The zero-order valence-electron chi connectivity index (χ0n) is 33.1. The van der Waals surface area contributed by atoms with Crippen LogP contribution in [-0.4, -0.2) is 17.9 Å². The summed E-state index contributed by atoms with van der Waals surface area (Å²) in [6, 6.07) is 0. The minimum atomic E-state index is -1.15. The molecule has 0 saturated heterocycles. The Kier molecular flexibility index (Phi) is 17.1. The van der Waals surface area contributed by atoms with E-state index in [1.54, 1.807) is 0 Å². The summed E-state index contributed by atoms with van der Waals surface area (Å²) in [6.07, 6.45) is 42.0. The number of hydrogen-bond acceptors (Lipinski definition) is 2. The van der Waals surface area contributed by atoms with Crippen molar-refractivity contribution in [1.29, 1.82) is 0 Å². The quantitative estimate of drug-likeness (QED) is 0.0664. The number of allylic oxidation sites excluding steroid dienone is 4. The highest BCUT2D eigenvalue weighted by molar-refractivity contribution is 5.56. The van der Waals surface area contributed by atoms with E-state index in [4.69, 9.17) is 5.11 Å². The van der Waals surface area contributed by atoms with Crippen molar-refractivity contribution in [3.8, 4) is 0 Å². The zero-order valence-corrected chi connectivity index (χ0v) is 33.1. The molecule has 4 rings (SSSR count). The van der Waals surface area contributed by atoms with Crippen molar-refractivity contribution in [3.05, 3.63) is 23.8 Å². The van der Waals surface area contributed by atoms with Gasteiger partial charge in [-0.2, -0.15) is 0 Å². The Labute approximate surface area is 304 Å². The summed E-state index contributed by atoms with van der Waals surface area (Å²) >= 11 is 0. The molecule has 1 N–H and O–H groups in total. The lowest BCUT2D eigenvalue weighted by atomic mass is 9.46. The summed E-state index contributed by atoms with van der Waals surface area (Å²) < 4.78 is 4.55. The van der Waals surface area contributed by atoms with Crippen molar-refractivity contribution in [1.82, 2.24) is 0 Å². The third kappa shape index (κ3) is 11.9. The number of fused-ring (bicyclic) bond motifs is 5. The molecule has 4 unspecified atom stereocenters. The molecular weight excluding hydrogens is 601 g/mol. The topological polar surface area (TPSA) is 46.5 Å². The van der Waals surface area contributed by atoms with Crippen molar-refractivity contribution in [2.45, 2.75) is 202 Å². The first-order chi connectivity index (χ1) is 23.6. The number of carbonyl (C=O) groups is 1. The molecule has 49 heavy (non-hydrogen) atoms. The summed E-state index contributed by atoms with van der Waals surface area (Å²) in [5.74, 6) is 6.62. The van der Waals surface area contributed by atoms with Gasteiger partial charge in [-0.05, 0) is 136 Å². The summed E-state index contributed by atoms with van der Waals surface area (Å²) in [4.78, 5) is 10.3. The van der Waals surface area contributed by atoms with E-state index in [1.165, 1.54) is 154 Å². The van der Waals surface area contributed by atoms with Crippen LogP contribution in [0.4, 0.5) is 4.79 Å². The van der Waals surface area contributed by atoms with E-state index in [0.717, 1.165) is 54.3 Å². The lowest BCUT2D eigenvalue weighted by Crippen LogP contribution is -2.50. The fourth-order valence-electron chi connectivity index (χ4n) is 11.9. The van der Waals surface area contributed by atoms with Crippen molar-refractivity contribution < 1.29 is 14.6 Å². The van der Waals surface area contributed by atoms with Gasteiger partial charge in [0.2, 0.25) is 0 Å². The number of hydrogen-bond donors (Lipinski definition) is 1. The predicted molar refractivity (Wildman–Crippen MR) is 209 cm³/mol. The lowest BCUT2D eigenvalue weighted by molar-refractivity contribution is -0.0529. The average molecular weight is 681 g/mol. The molecule has 0 radical (unpaired) electrons. The molecule has 4 aliphatic carbocycles. The SMILES string of the molecule is CC(C)CCC[C@@H](C)[C@H]1CCC2C3CC=C4CC(CCCCCCCC/C=C\CCCCCCCCOC(=O)O)CC[C@]4(C)C3CC[C@@]21C.